The van der Waals surface area contributed by atoms with Crippen LogP contribution in [0, 0.1) is 10.1 Å². The predicted molar refractivity (Wildman–Crippen MR) is 74.0 cm³/mol. The fourth-order valence-electron chi connectivity index (χ4n) is 1.47. The van der Waals surface area contributed by atoms with Gasteiger partial charge in [-0.15, -0.1) is 0 Å². The third-order valence-corrected chi connectivity index (χ3v) is 2.85. The highest BCUT2D eigenvalue weighted by Crippen LogP contribution is 2.26. The lowest BCUT2D eigenvalue weighted by atomic mass is 10.2. The van der Waals surface area contributed by atoms with Gasteiger partial charge in [-0.2, -0.15) is 4.98 Å². The van der Waals surface area contributed by atoms with Crippen LogP contribution < -0.4 is 10.1 Å². The summed E-state index contributed by atoms with van der Waals surface area (Å²) in [6, 6.07) is 7.08. The molecule has 0 aliphatic heterocycles. The van der Waals surface area contributed by atoms with Gasteiger partial charge in [-0.1, -0.05) is 29.8 Å². The van der Waals surface area contributed by atoms with Crippen LogP contribution in [0.4, 0.5) is 11.6 Å². The first-order valence-corrected chi connectivity index (χ1v) is 6.05. The Bertz CT molecular complexity index is 636. The molecule has 0 saturated heterocycles. The summed E-state index contributed by atoms with van der Waals surface area (Å²) in [5.41, 5.74) is 0.420. The molecular weight excluding hydrogens is 284 g/mol. The molecule has 1 aromatic carbocycles. The first-order valence-electron chi connectivity index (χ1n) is 5.67. The zero-order valence-corrected chi connectivity index (χ0v) is 11.3. The van der Waals surface area contributed by atoms with E-state index in [0.29, 0.717) is 10.6 Å². The smallest absolute Gasteiger partial charge is 0.349 e. The van der Waals surface area contributed by atoms with Crippen LogP contribution in [0.15, 0.2) is 30.5 Å². The van der Waals surface area contributed by atoms with Crippen molar-refractivity contribution in [1.82, 2.24) is 9.97 Å². The third-order valence-electron chi connectivity index (χ3n) is 2.48. The van der Waals surface area contributed by atoms with Gasteiger partial charge >= 0.3 is 5.69 Å². The van der Waals surface area contributed by atoms with Crippen LogP contribution in [-0.2, 0) is 6.61 Å². The highest BCUT2D eigenvalue weighted by Gasteiger charge is 2.19. The van der Waals surface area contributed by atoms with Crippen molar-refractivity contribution in [3.05, 3.63) is 51.2 Å². The molecule has 7 nitrogen and oxygen atoms in total. The van der Waals surface area contributed by atoms with Crippen LogP contribution >= 0.6 is 11.6 Å². The van der Waals surface area contributed by atoms with Gasteiger partial charge in [-0.05, 0) is 6.07 Å². The molecule has 0 unspecified atom stereocenters. The average molecular weight is 295 g/mol. The van der Waals surface area contributed by atoms with Gasteiger partial charge in [0.15, 0.2) is 0 Å². The quantitative estimate of drug-likeness (QED) is 0.673. The van der Waals surface area contributed by atoms with Crippen LogP contribution in [0.2, 0.25) is 5.02 Å². The highest BCUT2D eigenvalue weighted by atomic mass is 35.5. The molecule has 8 heteroatoms. The van der Waals surface area contributed by atoms with Crippen LogP contribution in [0.5, 0.6) is 5.88 Å². The van der Waals surface area contributed by atoms with Crippen molar-refractivity contribution in [1.29, 1.82) is 0 Å². The van der Waals surface area contributed by atoms with Gasteiger partial charge in [0.2, 0.25) is 5.95 Å². The number of nitrogens with one attached hydrogen (secondary N) is 1. The Morgan fingerprint density at radius 3 is 2.85 bits per heavy atom. The largest absolute Gasteiger partial charge is 0.468 e. The van der Waals surface area contributed by atoms with Gasteiger partial charge in [0.05, 0.1) is 4.92 Å². The molecule has 0 saturated carbocycles. The van der Waals surface area contributed by atoms with Gasteiger partial charge in [0, 0.05) is 17.6 Å². The molecule has 0 spiro atoms. The standard InChI is InChI=1S/C12H11ClN4O3/c1-14-12-15-6-10(17(18)19)11(16-12)20-7-8-4-2-3-5-9(8)13/h2-6H,7H2,1H3,(H,14,15,16). The van der Waals surface area contributed by atoms with Gasteiger partial charge in [-0.3, -0.25) is 10.1 Å². The second-order valence-electron chi connectivity index (χ2n) is 3.77. The molecule has 2 aromatic rings. The van der Waals surface area contributed by atoms with Gasteiger partial charge < -0.3 is 10.1 Å². The Balaban J connectivity index is 2.24. The minimum absolute atomic E-state index is 0.0840. The zero-order valence-electron chi connectivity index (χ0n) is 10.5. The number of nitro groups is 1. The molecule has 1 N–H and O–H groups in total. The number of halogens is 1. The molecule has 104 valence electrons. The summed E-state index contributed by atoms with van der Waals surface area (Å²) in [5, 5.41) is 14.1. The third kappa shape index (κ3) is 3.12. The summed E-state index contributed by atoms with van der Waals surface area (Å²) in [6.45, 7) is 0.0840. The summed E-state index contributed by atoms with van der Waals surface area (Å²) >= 11 is 5.99. The molecule has 1 aromatic heterocycles. The lowest BCUT2D eigenvalue weighted by Crippen LogP contribution is -2.05. The highest BCUT2D eigenvalue weighted by molar-refractivity contribution is 6.31. The van der Waals surface area contributed by atoms with E-state index in [1.54, 1.807) is 31.3 Å². The van der Waals surface area contributed by atoms with Crippen LogP contribution in [0.25, 0.3) is 0 Å². The fraction of sp³-hybridized carbons (Fsp3) is 0.167. The molecule has 0 fully saturated rings. The molecule has 20 heavy (non-hydrogen) atoms. The minimum Gasteiger partial charge on any atom is -0.468 e. The SMILES string of the molecule is CNc1ncc([N+](=O)[O-])c(OCc2ccccc2Cl)n1. The predicted octanol–water partition coefficient (Wildman–Crippen LogP) is 2.66. The number of anilines is 1. The topological polar surface area (TPSA) is 90.2 Å². The Morgan fingerprint density at radius 2 is 2.20 bits per heavy atom. The van der Waals surface area contributed by atoms with E-state index in [0.717, 1.165) is 6.20 Å². The number of nitrogens with zero attached hydrogens (tertiary/aromatic N) is 3. The Kier molecular flexibility index (Phi) is 4.31. The van der Waals surface area contributed by atoms with E-state index >= 15 is 0 Å². The van der Waals surface area contributed by atoms with Crippen molar-refractivity contribution in [2.75, 3.05) is 12.4 Å². The molecule has 2 rings (SSSR count). The molecule has 0 bridgehead atoms. The van der Waals surface area contributed by atoms with Crippen molar-refractivity contribution in [2.24, 2.45) is 0 Å². The van der Waals surface area contributed by atoms with Crippen molar-refractivity contribution in [2.45, 2.75) is 6.61 Å². The van der Waals surface area contributed by atoms with E-state index in [-0.39, 0.29) is 24.1 Å². The Hall–Kier alpha value is -2.41. The van der Waals surface area contributed by atoms with Gasteiger partial charge in [0.25, 0.3) is 5.88 Å². The lowest BCUT2D eigenvalue weighted by molar-refractivity contribution is -0.386. The van der Waals surface area contributed by atoms with Crippen molar-refractivity contribution >= 4 is 23.2 Å². The zero-order chi connectivity index (χ0) is 14.5. The lowest BCUT2D eigenvalue weighted by Gasteiger charge is -2.08. The van der Waals surface area contributed by atoms with Gasteiger partial charge in [0.1, 0.15) is 12.8 Å². The Labute approximate surface area is 119 Å². The number of rotatable bonds is 5. The molecule has 0 atom stereocenters. The fourth-order valence-corrected chi connectivity index (χ4v) is 1.66. The molecule has 0 aliphatic rings. The number of aromatic nitrogens is 2. The minimum atomic E-state index is -0.596. The average Bonchev–Trinajstić information content (AvgIpc) is 2.46. The summed E-state index contributed by atoms with van der Waals surface area (Å²) in [7, 11) is 1.61. The molecule has 0 aliphatic carbocycles. The van der Waals surface area contributed by atoms with Gasteiger partial charge in [-0.25, -0.2) is 4.98 Å². The van der Waals surface area contributed by atoms with E-state index in [4.69, 9.17) is 16.3 Å². The second kappa shape index (κ2) is 6.16. The molecule has 0 radical (unpaired) electrons. The van der Waals surface area contributed by atoms with Crippen LogP contribution in [0.3, 0.4) is 0 Å². The van der Waals surface area contributed by atoms with E-state index in [9.17, 15) is 10.1 Å². The van der Waals surface area contributed by atoms with E-state index in [1.165, 1.54) is 0 Å². The summed E-state index contributed by atoms with van der Waals surface area (Å²) in [5.74, 6) is 0.138. The maximum atomic E-state index is 10.9. The number of benzene rings is 1. The van der Waals surface area contributed by atoms with E-state index in [1.807, 2.05) is 0 Å². The molecular formula is C12H11ClN4O3. The first kappa shape index (κ1) is 14.0. The summed E-state index contributed by atoms with van der Waals surface area (Å²) in [6.07, 6.45) is 1.10. The number of hydrogen-bond acceptors (Lipinski definition) is 6. The van der Waals surface area contributed by atoms with Crippen LogP contribution in [-0.4, -0.2) is 21.9 Å². The van der Waals surface area contributed by atoms with E-state index < -0.39 is 4.92 Å². The maximum absolute atomic E-state index is 10.9. The molecule has 0 amide bonds. The summed E-state index contributed by atoms with van der Waals surface area (Å²) in [4.78, 5) is 18.0. The monoisotopic (exact) mass is 294 g/mol. The maximum Gasteiger partial charge on any atom is 0.349 e. The number of ether oxygens (including phenoxy) is 1. The first-order chi connectivity index (χ1) is 9.61. The molecule has 1 heterocycles. The summed E-state index contributed by atoms with van der Waals surface area (Å²) < 4.78 is 5.39. The van der Waals surface area contributed by atoms with Crippen molar-refractivity contribution in [3.63, 3.8) is 0 Å². The second-order valence-corrected chi connectivity index (χ2v) is 4.18. The van der Waals surface area contributed by atoms with Crippen molar-refractivity contribution < 1.29 is 9.66 Å². The number of hydrogen-bond donors (Lipinski definition) is 1. The van der Waals surface area contributed by atoms with E-state index in [2.05, 4.69) is 15.3 Å². The normalized spacial score (nSPS) is 10.1. The van der Waals surface area contributed by atoms with Crippen molar-refractivity contribution in [3.8, 4) is 5.88 Å². The Morgan fingerprint density at radius 1 is 1.45 bits per heavy atom. The van der Waals surface area contributed by atoms with Crippen LogP contribution in [0.1, 0.15) is 5.56 Å².